The van der Waals surface area contributed by atoms with Gasteiger partial charge in [0.15, 0.2) is 0 Å². The van der Waals surface area contributed by atoms with Gasteiger partial charge in [-0.25, -0.2) is 0 Å². The number of nitrogens with zero attached hydrogens (tertiary/aromatic N) is 3. The molecule has 0 saturated heterocycles. The van der Waals surface area contributed by atoms with Gasteiger partial charge in [-0.2, -0.15) is 15.0 Å². The van der Waals surface area contributed by atoms with Crippen LogP contribution in [0.4, 0.5) is 0 Å². The molecule has 0 fully saturated rings. The highest BCUT2D eigenvalue weighted by atomic mass is 35.5. The van der Waals surface area contributed by atoms with Gasteiger partial charge in [-0.1, -0.05) is 37.3 Å². The Balaban J connectivity index is 0.00000220. The molecule has 4 nitrogen and oxygen atoms in total. The van der Waals surface area contributed by atoms with Crippen molar-refractivity contribution in [1.82, 2.24) is 20.3 Å². The summed E-state index contributed by atoms with van der Waals surface area (Å²) >= 11 is 0. The number of aryl methyl sites for hydroxylation is 1. The van der Waals surface area contributed by atoms with Crippen LogP contribution in [-0.4, -0.2) is 20.5 Å². The van der Waals surface area contributed by atoms with Crippen molar-refractivity contribution in [2.24, 2.45) is 0 Å². The summed E-state index contributed by atoms with van der Waals surface area (Å²) in [6.45, 7) is 10.2. The van der Waals surface area contributed by atoms with Crippen molar-refractivity contribution in [3.05, 3.63) is 36.0 Å². The van der Waals surface area contributed by atoms with Crippen LogP contribution in [0.1, 0.15) is 39.8 Å². The van der Waals surface area contributed by atoms with Gasteiger partial charge in [0.1, 0.15) is 11.4 Å². The van der Waals surface area contributed by atoms with E-state index >= 15 is 0 Å². The average Bonchev–Trinajstić information content (AvgIpc) is 2.80. The molecule has 1 heterocycles. The van der Waals surface area contributed by atoms with Crippen LogP contribution in [0, 0.1) is 0 Å². The highest BCUT2D eigenvalue weighted by molar-refractivity contribution is 5.85. The molecule has 0 amide bonds. The lowest BCUT2D eigenvalue weighted by molar-refractivity contribution is 0.418. The Labute approximate surface area is 133 Å². The zero-order chi connectivity index (χ0) is 14.6. The van der Waals surface area contributed by atoms with Gasteiger partial charge >= 0.3 is 0 Å². The van der Waals surface area contributed by atoms with Gasteiger partial charge in [-0.15, -0.1) is 12.4 Å². The molecular weight excluding hydrogens is 284 g/mol. The minimum Gasteiger partial charge on any atom is -0.306 e. The van der Waals surface area contributed by atoms with Crippen LogP contribution in [0.5, 0.6) is 0 Å². The number of benzene rings is 1. The van der Waals surface area contributed by atoms with Crippen LogP contribution in [0.3, 0.4) is 0 Å². The molecule has 5 heteroatoms. The van der Waals surface area contributed by atoms with Crippen molar-refractivity contribution in [3.8, 4) is 11.3 Å². The fourth-order valence-corrected chi connectivity index (χ4v) is 1.97. The molecule has 0 atom stereocenters. The fraction of sp³-hybridized carbons (Fsp3) is 0.500. The Morgan fingerprint density at radius 3 is 2.33 bits per heavy atom. The average molecular weight is 309 g/mol. The largest absolute Gasteiger partial charge is 0.306 e. The Morgan fingerprint density at radius 1 is 1.10 bits per heavy atom. The van der Waals surface area contributed by atoms with E-state index in [1.807, 2.05) is 23.0 Å². The molecule has 1 aromatic carbocycles. The van der Waals surface area contributed by atoms with E-state index < -0.39 is 0 Å². The van der Waals surface area contributed by atoms with Crippen LogP contribution in [0.2, 0.25) is 0 Å². The maximum absolute atomic E-state index is 4.64. The first kappa shape index (κ1) is 17.7. The maximum atomic E-state index is 4.64. The van der Waals surface area contributed by atoms with Crippen LogP contribution in [0.25, 0.3) is 11.3 Å². The Hall–Kier alpha value is -1.39. The SMILES string of the molecule is CCCn1nc(CNC(C)(C)C)c(-c2ccccc2)n1.Cl. The van der Waals surface area contributed by atoms with Crippen molar-refractivity contribution in [2.75, 3.05) is 0 Å². The van der Waals surface area contributed by atoms with Crippen LogP contribution < -0.4 is 5.32 Å². The zero-order valence-corrected chi connectivity index (χ0v) is 14.1. The molecule has 0 aliphatic carbocycles. The van der Waals surface area contributed by atoms with Crippen molar-refractivity contribution < 1.29 is 0 Å². The highest BCUT2D eigenvalue weighted by Gasteiger charge is 2.15. The number of hydrogen-bond acceptors (Lipinski definition) is 3. The van der Waals surface area contributed by atoms with Crippen LogP contribution >= 0.6 is 12.4 Å². The second-order valence-corrected chi connectivity index (χ2v) is 6.06. The zero-order valence-electron chi connectivity index (χ0n) is 13.3. The second kappa shape index (κ2) is 7.57. The van der Waals surface area contributed by atoms with E-state index in [1.54, 1.807) is 0 Å². The first-order chi connectivity index (χ1) is 9.49. The Kier molecular flexibility index (Phi) is 6.37. The molecule has 2 aromatic rings. The van der Waals surface area contributed by atoms with Crippen molar-refractivity contribution in [1.29, 1.82) is 0 Å². The molecule has 0 saturated carbocycles. The predicted molar refractivity (Wildman–Crippen MR) is 89.6 cm³/mol. The molecule has 0 radical (unpaired) electrons. The monoisotopic (exact) mass is 308 g/mol. The molecule has 21 heavy (non-hydrogen) atoms. The highest BCUT2D eigenvalue weighted by Crippen LogP contribution is 2.20. The smallest absolute Gasteiger partial charge is 0.117 e. The topological polar surface area (TPSA) is 42.7 Å². The third-order valence-electron chi connectivity index (χ3n) is 2.98. The maximum Gasteiger partial charge on any atom is 0.117 e. The fourth-order valence-electron chi connectivity index (χ4n) is 1.97. The van der Waals surface area contributed by atoms with Gasteiger partial charge in [0.2, 0.25) is 0 Å². The summed E-state index contributed by atoms with van der Waals surface area (Å²) in [5.74, 6) is 0. The van der Waals surface area contributed by atoms with Gasteiger partial charge in [-0.3, -0.25) is 0 Å². The minimum absolute atomic E-state index is 0. The van der Waals surface area contributed by atoms with Gasteiger partial charge in [0, 0.05) is 17.6 Å². The molecule has 2 rings (SSSR count). The van der Waals surface area contributed by atoms with E-state index in [0.717, 1.165) is 36.5 Å². The Morgan fingerprint density at radius 2 is 1.76 bits per heavy atom. The molecule has 0 spiro atoms. The third-order valence-corrected chi connectivity index (χ3v) is 2.98. The van der Waals surface area contributed by atoms with E-state index in [-0.39, 0.29) is 17.9 Å². The summed E-state index contributed by atoms with van der Waals surface area (Å²) in [5, 5.41) is 12.7. The molecule has 1 N–H and O–H groups in total. The van der Waals surface area contributed by atoms with Crippen LogP contribution in [0.15, 0.2) is 30.3 Å². The summed E-state index contributed by atoms with van der Waals surface area (Å²) in [4.78, 5) is 1.81. The number of nitrogens with one attached hydrogen (secondary N) is 1. The Bertz CT molecular complexity index is 543. The van der Waals surface area contributed by atoms with E-state index in [1.165, 1.54) is 0 Å². The molecule has 0 unspecified atom stereocenters. The third kappa shape index (κ3) is 5.14. The lowest BCUT2D eigenvalue weighted by Crippen LogP contribution is -2.35. The predicted octanol–water partition coefficient (Wildman–Crippen LogP) is 3.67. The number of aromatic nitrogens is 3. The lowest BCUT2D eigenvalue weighted by Gasteiger charge is -2.19. The first-order valence-electron chi connectivity index (χ1n) is 7.24. The summed E-state index contributed by atoms with van der Waals surface area (Å²) in [7, 11) is 0. The van der Waals surface area contributed by atoms with E-state index in [9.17, 15) is 0 Å². The molecule has 116 valence electrons. The summed E-state index contributed by atoms with van der Waals surface area (Å²) in [5.41, 5.74) is 3.19. The van der Waals surface area contributed by atoms with Crippen molar-refractivity contribution >= 4 is 12.4 Å². The number of rotatable bonds is 5. The minimum atomic E-state index is 0. The summed E-state index contributed by atoms with van der Waals surface area (Å²) in [6.07, 6.45) is 1.04. The van der Waals surface area contributed by atoms with Gasteiger partial charge in [-0.05, 0) is 27.2 Å². The molecule has 0 aliphatic heterocycles. The first-order valence-corrected chi connectivity index (χ1v) is 7.24. The van der Waals surface area contributed by atoms with E-state index in [0.29, 0.717) is 0 Å². The van der Waals surface area contributed by atoms with Crippen molar-refractivity contribution in [2.45, 2.75) is 52.7 Å². The summed E-state index contributed by atoms with van der Waals surface area (Å²) < 4.78 is 0. The van der Waals surface area contributed by atoms with Crippen LogP contribution in [-0.2, 0) is 13.1 Å². The van der Waals surface area contributed by atoms with E-state index in [4.69, 9.17) is 0 Å². The second-order valence-electron chi connectivity index (χ2n) is 6.06. The normalized spacial score (nSPS) is 11.2. The lowest BCUT2D eigenvalue weighted by atomic mass is 10.1. The number of hydrogen-bond donors (Lipinski definition) is 1. The van der Waals surface area contributed by atoms with E-state index in [2.05, 4.69) is 55.3 Å². The quantitative estimate of drug-likeness (QED) is 0.916. The summed E-state index contributed by atoms with van der Waals surface area (Å²) in [6, 6.07) is 10.3. The molecule has 1 aromatic heterocycles. The van der Waals surface area contributed by atoms with Gasteiger partial charge < -0.3 is 5.32 Å². The van der Waals surface area contributed by atoms with Gasteiger partial charge in [0.25, 0.3) is 0 Å². The number of halogens is 1. The molecule has 0 bridgehead atoms. The van der Waals surface area contributed by atoms with Gasteiger partial charge in [0.05, 0.1) is 6.54 Å². The standard InChI is InChI=1S/C16H24N4.ClH/c1-5-11-20-18-14(12-17-16(2,3)4)15(19-20)13-9-7-6-8-10-13;/h6-10,17H,5,11-12H2,1-4H3;1H. The molecule has 0 aliphatic rings. The molecular formula is C16H25ClN4. The van der Waals surface area contributed by atoms with Crippen molar-refractivity contribution in [3.63, 3.8) is 0 Å².